The summed E-state index contributed by atoms with van der Waals surface area (Å²) in [6, 6.07) is 9.01. The Kier molecular flexibility index (Phi) is 9.30. The largest absolute Gasteiger partial charge is 0.465 e. The Morgan fingerprint density at radius 2 is 1.92 bits per heavy atom. The van der Waals surface area contributed by atoms with E-state index in [0.717, 1.165) is 27.7 Å². The molecule has 0 radical (unpaired) electrons. The first-order chi connectivity index (χ1) is 17.1. The van der Waals surface area contributed by atoms with Gasteiger partial charge >= 0.3 is 5.97 Å². The molecule has 2 atom stereocenters. The number of sulfonamides is 1. The van der Waals surface area contributed by atoms with Gasteiger partial charge in [-0.15, -0.1) is 11.8 Å². The van der Waals surface area contributed by atoms with Crippen molar-refractivity contribution in [2.24, 2.45) is 5.90 Å². The topological polar surface area (TPSA) is 148 Å². The summed E-state index contributed by atoms with van der Waals surface area (Å²) in [6.07, 6.45) is -0.0625. The Hall–Kier alpha value is -2.71. The lowest BCUT2D eigenvalue weighted by Crippen LogP contribution is -2.44. The molecule has 0 bridgehead atoms. The van der Waals surface area contributed by atoms with Crippen LogP contribution in [0.2, 0.25) is 0 Å². The molecule has 0 saturated carbocycles. The molecule has 0 spiro atoms. The third-order valence-corrected chi connectivity index (χ3v) is 8.42. The molecule has 0 aliphatic carbocycles. The van der Waals surface area contributed by atoms with E-state index in [1.165, 1.54) is 6.07 Å². The first-order valence-corrected chi connectivity index (χ1v) is 13.8. The molecule has 1 aliphatic rings. The lowest BCUT2D eigenvalue weighted by Gasteiger charge is -2.20. The molecular weight excluding hydrogens is 508 g/mol. The van der Waals surface area contributed by atoms with Gasteiger partial charge in [0, 0.05) is 42.7 Å². The Morgan fingerprint density at radius 1 is 1.22 bits per heavy atom. The fraction of sp³-hybridized carbons (Fsp3) is 0.435. The molecule has 2 amide bonds. The van der Waals surface area contributed by atoms with Crippen molar-refractivity contribution in [2.45, 2.75) is 29.5 Å². The summed E-state index contributed by atoms with van der Waals surface area (Å²) in [5, 5.41) is 0.488. The minimum atomic E-state index is -4.16. The van der Waals surface area contributed by atoms with Crippen LogP contribution in [0.1, 0.15) is 13.3 Å². The average molecular weight is 539 g/mol. The highest BCUT2D eigenvalue weighted by Crippen LogP contribution is 2.31. The normalized spacial score (nSPS) is 17.0. The molecule has 1 aliphatic heterocycles. The van der Waals surface area contributed by atoms with Crippen molar-refractivity contribution in [1.29, 1.82) is 0 Å². The van der Waals surface area contributed by atoms with Crippen molar-refractivity contribution < 1.29 is 32.4 Å². The van der Waals surface area contributed by atoms with Gasteiger partial charge in [0.1, 0.15) is 6.04 Å². The number of likely N-dealkylation sites (tertiary alicyclic amines) is 1. The zero-order chi connectivity index (χ0) is 26.5. The summed E-state index contributed by atoms with van der Waals surface area (Å²) in [7, 11) is -0.435. The van der Waals surface area contributed by atoms with E-state index in [-0.39, 0.29) is 42.7 Å². The number of anilines is 1. The summed E-state index contributed by atoms with van der Waals surface area (Å²) in [6.45, 7) is 1.69. The van der Waals surface area contributed by atoms with Gasteiger partial charge in [-0.25, -0.2) is 14.3 Å². The molecule has 3 rings (SSSR count). The highest BCUT2D eigenvalue weighted by atomic mass is 32.2. The van der Waals surface area contributed by atoms with E-state index < -0.39 is 33.2 Å². The maximum absolute atomic E-state index is 13.4. The second-order valence-electron chi connectivity index (χ2n) is 8.23. The molecule has 0 aromatic heterocycles. The molecule has 196 valence electrons. The molecule has 13 heteroatoms. The number of hydrogen-bond donors (Lipinski definition) is 2. The van der Waals surface area contributed by atoms with Crippen LogP contribution in [0.4, 0.5) is 5.69 Å². The minimum Gasteiger partial charge on any atom is -0.465 e. The zero-order valence-electron chi connectivity index (χ0n) is 20.3. The van der Waals surface area contributed by atoms with Crippen LogP contribution in [0.15, 0.2) is 41.3 Å². The Labute approximate surface area is 214 Å². The second kappa shape index (κ2) is 12.0. The van der Waals surface area contributed by atoms with Crippen LogP contribution in [-0.2, 0) is 34.0 Å². The minimum absolute atomic E-state index is 0.000680. The molecule has 1 heterocycles. The van der Waals surface area contributed by atoms with Crippen molar-refractivity contribution >= 4 is 56.0 Å². The molecule has 2 aromatic carbocycles. The van der Waals surface area contributed by atoms with Gasteiger partial charge in [0.15, 0.2) is 0 Å². The van der Waals surface area contributed by atoms with E-state index in [1.54, 1.807) is 25.1 Å². The first-order valence-electron chi connectivity index (χ1n) is 11.3. The fourth-order valence-electron chi connectivity index (χ4n) is 3.91. The number of amides is 2. The maximum atomic E-state index is 13.4. The quantitative estimate of drug-likeness (QED) is 0.226. The number of rotatable bonds is 12. The van der Waals surface area contributed by atoms with Gasteiger partial charge in [0.05, 0.1) is 29.9 Å². The molecule has 1 saturated heterocycles. The van der Waals surface area contributed by atoms with E-state index >= 15 is 0 Å². The van der Waals surface area contributed by atoms with E-state index in [9.17, 15) is 22.8 Å². The predicted octanol–water partition coefficient (Wildman–Crippen LogP) is 0.867. The summed E-state index contributed by atoms with van der Waals surface area (Å²) in [4.78, 5) is 44.8. The molecule has 3 N–H and O–H groups in total. The standard InChI is InChI=1S/C23H30N4O7S2/c1-4-33-23(30)17(14-35-19-13-21(28)27(22(19)29)11-12-34-24)25-36(31,32)20-10-6-7-15-16(20)8-5-9-18(15)26(2)3/h5-10,17,19,25H,4,11-14,24H2,1-3H3/t17-,19?/m0/s1. The zero-order valence-corrected chi connectivity index (χ0v) is 21.9. The summed E-state index contributed by atoms with van der Waals surface area (Å²) in [5.74, 6) is 3.30. The number of nitrogens with one attached hydrogen (secondary N) is 1. The van der Waals surface area contributed by atoms with Crippen LogP contribution >= 0.6 is 11.8 Å². The van der Waals surface area contributed by atoms with E-state index in [4.69, 9.17) is 10.6 Å². The SMILES string of the molecule is CCOC(=O)[C@H](CSC1CC(=O)N(CCON)C1=O)NS(=O)(=O)c1cccc2c(N(C)C)cccc12. The molecule has 11 nitrogen and oxygen atoms in total. The average Bonchev–Trinajstić information content (AvgIpc) is 3.11. The number of thioether (sulfide) groups is 1. The smallest absolute Gasteiger partial charge is 0.325 e. The number of nitrogens with zero attached hydrogens (tertiary/aromatic N) is 2. The number of hydrogen-bond acceptors (Lipinski definition) is 10. The van der Waals surface area contributed by atoms with Gasteiger partial charge in [-0.05, 0) is 19.1 Å². The van der Waals surface area contributed by atoms with Crippen LogP contribution in [0.5, 0.6) is 0 Å². The third-order valence-electron chi connectivity index (χ3n) is 5.60. The number of benzene rings is 2. The van der Waals surface area contributed by atoms with Crippen LogP contribution < -0.4 is 15.5 Å². The van der Waals surface area contributed by atoms with Crippen LogP contribution in [0.3, 0.4) is 0 Å². The monoisotopic (exact) mass is 538 g/mol. The molecule has 1 fully saturated rings. The molecule has 1 unspecified atom stereocenters. The lowest BCUT2D eigenvalue weighted by molar-refractivity contribution is -0.144. The second-order valence-corrected chi connectivity index (χ2v) is 11.1. The van der Waals surface area contributed by atoms with Crippen molar-refractivity contribution in [3.63, 3.8) is 0 Å². The van der Waals surface area contributed by atoms with Gasteiger partial charge < -0.3 is 14.5 Å². The Bertz CT molecular complexity index is 1240. The number of carbonyl (C=O) groups is 3. The third kappa shape index (κ3) is 6.16. The van der Waals surface area contributed by atoms with Crippen LogP contribution in [-0.4, -0.2) is 82.0 Å². The van der Waals surface area contributed by atoms with E-state index in [1.807, 2.05) is 31.1 Å². The van der Waals surface area contributed by atoms with Crippen LogP contribution in [0.25, 0.3) is 10.8 Å². The van der Waals surface area contributed by atoms with Crippen molar-refractivity contribution in [3.05, 3.63) is 36.4 Å². The molecule has 2 aromatic rings. The van der Waals surface area contributed by atoms with Gasteiger partial charge in [-0.1, -0.05) is 24.3 Å². The fourth-order valence-corrected chi connectivity index (χ4v) is 6.59. The summed E-state index contributed by atoms with van der Waals surface area (Å²) < 4.78 is 34.4. The highest BCUT2D eigenvalue weighted by Gasteiger charge is 2.40. The summed E-state index contributed by atoms with van der Waals surface area (Å²) >= 11 is 1.02. The number of ether oxygens (including phenoxy) is 1. The van der Waals surface area contributed by atoms with Gasteiger partial charge in [-0.3, -0.25) is 19.3 Å². The van der Waals surface area contributed by atoms with E-state index in [2.05, 4.69) is 9.56 Å². The van der Waals surface area contributed by atoms with Gasteiger partial charge in [-0.2, -0.15) is 4.72 Å². The predicted molar refractivity (Wildman–Crippen MR) is 137 cm³/mol. The van der Waals surface area contributed by atoms with Crippen molar-refractivity contribution in [3.8, 4) is 0 Å². The lowest BCUT2D eigenvalue weighted by atomic mass is 10.1. The van der Waals surface area contributed by atoms with Crippen LogP contribution in [0, 0.1) is 0 Å². The number of carbonyl (C=O) groups excluding carboxylic acids is 3. The number of esters is 1. The highest BCUT2D eigenvalue weighted by molar-refractivity contribution is 8.00. The molecule has 36 heavy (non-hydrogen) atoms. The van der Waals surface area contributed by atoms with Gasteiger partial charge in [0.25, 0.3) is 0 Å². The van der Waals surface area contributed by atoms with E-state index in [0.29, 0.717) is 5.39 Å². The number of imide groups is 1. The van der Waals surface area contributed by atoms with Crippen molar-refractivity contribution in [2.75, 3.05) is 44.5 Å². The Morgan fingerprint density at radius 3 is 2.58 bits per heavy atom. The molecular formula is C23H30N4O7S2. The van der Waals surface area contributed by atoms with Crippen molar-refractivity contribution in [1.82, 2.24) is 9.62 Å². The maximum Gasteiger partial charge on any atom is 0.325 e. The first kappa shape index (κ1) is 27.9. The number of fused-ring (bicyclic) bond motifs is 1. The Balaban J connectivity index is 1.83. The summed E-state index contributed by atoms with van der Waals surface area (Å²) in [5.41, 5.74) is 0.844. The number of nitrogens with two attached hydrogens (primary N) is 1. The van der Waals surface area contributed by atoms with Gasteiger partial charge in [0.2, 0.25) is 21.8 Å².